The molecule has 5 aromatic rings. The number of aromatic amines is 1. The van der Waals surface area contributed by atoms with Gasteiger partial charge in [-0.1, -0.05) is 42.5 Å². The minimum absolute atomic E-state index is 0. The number of nitrogens with zero attached hydrogens (tertiary/aromatic N) is 2. The number of carboxylic acid groups (broad SMARTS) is 4. The Morgan fingerprint density at radius 2 is 0.977 bits per heavy atom. The summed E-state index contributed by atoms with van der Waals surface area (Å²) >= 11 is 0. The van der Waals surface area contributed by atoms with Crippen LogP contribution in [0.1, 0.15) is 41.4 Å². The molecule has 208 valence electrons. The van der Waals surface area contributed by atoms with E-state index in [9.17, 15) is 49.8 Å². The van der Waals surface area contributed by atoms with E-state index in [2.05, 4.69) is 15.0 Å². The molecular weight excluding hydrogens is 876 g/mol. The number of rotatable bonds is 5. The molecule has 3 aromatic carbocycles. The molecular formula is C28H15Cd3N3O10. The molecule has 0 spiro atoms. The van der Waals surface area contributed by atoms with Crippen molar-refractivity contribution in [2.24, 2.45) is 0 Å². The van der Waals surface area contributed by atoms with Gasteiger partial charge in [-0.3, -0.25) is 4.98 Å². The Morgan fingerprint density at radius 3 is 1.34 bits per heavy atom. The molecule has 0 aliphatic heterocycles. The molecule has 44 heavy (non-hydrogen) atoms. The van der Waals surface area contributed by atoms with Gasteiger partial charge in [-0.2, -0.15) is 0 Å². The predicted molar refractivity (Wildman–Crippen MR) is 128 cm³/mol. The maximum Gasteiger partial charge on any atom is 2.00 e. The van der Waals surface area contributed by atoms with Crippen molar-refractivity contribution in [1.29, 1.82) is 0 Å². The van der Waals surface area contributed by atoms with Crippen molar-refractivity contribution >= 4 is 34.9 Å². The number of aromatic nitrogens is 3. The van der Waals surface area contributed by atoms with Crippen LogP contribution in [-0.2, 0) is 81.9 Å². The van der Waals surface area contributed by atoms with E-state index in [1.807, 2.05) is 42.5 Å². The fraction of sp³-hybridized carbons (Fsp3) is 0. The summed E-state index contributed by atoms with van der Waals surface area (Å²) in [5.41, 5.74) is 1.02. The molecule has 0 atom stereocenters. The molecule has 16 heteroatoms. The van der Waals surface area contributed by atoms with E-state index < -0.39 is 57.6 Å². The zero-order valence-corrected chi connectivity index (χ0v) is 34.8. The number of para-hydroxylation sites is 2. The van der Waals surface area contributed by atoms with Crippen LogP contribution in [0.4, 0.5) is 0 Å². The summed E-state index contributed by atoms with van der Waals surface area (Å²) in [6.07, 6.45) is 1.77. The zero-order valence-electron chi connectivity index (χ0n) is 22.7. The summed E-state index contributed by atoms with van der Waals surface area (Å²) in [5.74, 6) is -6.99. The van der Waals surface area contributed by atoms with Gasteiger partial charge in [-0.25, -0.2) is 4.98 Å². The molecule has 13 nitrogen and oxygen atoms in total. The first kappa shape index (κ1) is 40.5. The minimum Gasteiger partial charge on any atom is -0.872 e. The number of carbonyl (C=O) groups excluding carboxylic acids is 4. The van der Waals surface area contributed by atoms with Crippen LogP contribution in [0.25, 0.3) is 22.6 Å². The summed E-state index contributed by atoms with van der Waals surface area (Å²) in [5, 5.41) is 62.5. The van der Waals surface area contributed by atoms with Crippen LogP contribution >= 0.6 is 0 Å². The Bertz CT molecular complexity index is 1580. The number of hydrogen-bond acceptors (Lipinski definition) is 12. The van der Waals surface area contributed by atoms with Crippen molar-refractivity contribution in [3.05, 3.63) is 107 Å². The third-order valence-electron chi connectivity index (χ3n) is 5.05. The van der Waals surface area contributed by atoms with Gasteiger partial charge in [-0.15, -0.1) is 11.5 Å². The average molecular weight is 891 g/mol. The summed E-state index contributed by atoms with van der Waals surface area (Å²) < 4.78 is 0. The Balaban J connectivity index is 0.000000613. The number of pyridine rings is 1. The molecule has 0 aliphatic carbocycles. The number of aromatic carboxylic acids is 4. The molecule has 0 aliphatic rings. The standard InChI is InChI=1S/C12H9N3.2C8H6O5.3Cd/c1-2-6-10-9(5-1)14-12(15-10)11-7-3-4-8-13-11;2*9-6-2-4(7(10)11)1-5(3-6)8(12)13;;;/h1-8H,(H,14,15);2*1-3,9H,(H,10,11)(H,12,13);;;/q;;;3*+2/p-6. The second-order valence-corrected chi connectivity index (χ2v) is 7.96. The molecule has 0 radical (unpaired) electrons. The molecule has 0 fully saturated rings. The number of fused-ring (bicyclic) bond motifs is 1. The minimum atomic E-state index is -1.60. The maximum absolute atomic E-state index is 10.7. The molecule has 0 unspecified atom stereocenters. The van der Waals surface area contributed by atoms with E-state index in [4.69, 9.17) is 0 Å². The smallest absolute Gasteiger partial charge is 0.872 e. The molecule has 2 heterocycles. The SMILES string of the molecule is O=C([O-])c1cc([O-])cc(C(=O)[O-])c1.O=C([O-])c1cc([O-])cc(C(=O)[O-])c1.[Cd+2].[Cd+2].[Cd+2].c1ccc(-c2nc3ccccc3[nH]2)nc1. The van der Waals surface area contributed by atoms with Gasteiger partial charge in [0.25, 0.3) is 0 Å². The first-order chi connectivity index (χ1) is 19.4. The number of nitrogens with one attached hydrogen (secondary N) is 1. The second kappa shape index (κ2) is 19.0. The molecule has 0 saturated carbocycles. The van der Waals surface area contributed by atoms with E-state index in [-0.39, 0.29) is 81.9 Å². The fourth-order valence-corrected chi connectivity index (χ4v) is 3.25. The van der Waals surface area contributed by atoms with Crippen LogP contribution in [0, 0.1) is 0 Å². The summed E-state index contributed by atoms with van der Waals surface area (Å²) in [7, 11) is 0. The zero-order chi connectivity index (χ0) is 30.1. The van der Waals surface area contributed by atoms with Crippen molar-refractivity contribution in [2.45, 2.75) is 0 Å². The number of carbonyl (C=O) groups is 4. The van der Waals surface area contributed by atoms with Crippen LogP contribution in [0.15, 0.2) is 85.1 Å². The first-order valence-electron chi connectivity index (χ1n) is 11.3. The van der Waals surface area contributed by atoms with Gasteiger partial charge in [0.2, 0.25) is 0 Å². The Kier molecular flexibility index (Phi) is 17.5. The monoisotopic (exact) mass is 895 g/mol. The average Bonchev–Trinajstić information content (AvgIpc) is 3.38. The molecule has 1 N–H and O–H groups in total. The van der Waals surface area contributed by atoms with Gasteiger partial charge in [0.05, 0.1) is 34.9 Å². The van der Waals surface area contributed by atoms with Gasteiger partial charge in [0.1, 0.15) is 5.69 Å². The van der Waals surface area contributed by atoms with Crippen molar-refractivity contribution in [3.63, 3.8) is 0 Å². The number of benzene rings is 3. The Morgan fingerprint density at radius 1 is 0.568 bits per heavy atom. The van der Waals surface area contributed by atoms with E-state index >= 15 is 0 Å². The largest absolute Gasteiger partial charge is 2.00 e. The van der Waals surface area contributed by atoms with Crippen molar-refractivity contribution < 1.29 is 132 Å². The third kappa shape index (κ3) is 11.9. The second-order valence-electron chi connectivity index (χ2n) is 7.96. The van der Waals surface area contributed by atoms with Crippen LogP contribution in [0.5, 0.6) is 11.5 Å². The van der Waals surface area contributed by atoms with Gasteiger partial charge < -0.3 is 54.8 Å². The van der Waals surface area contributed by atoms with E-state index in [0.29, 0.717) is 0 Å². The number of imidazole rings is 1. The normalized spacial score (nSPS) is 9.27. The van der Waals surface area contributed by atoms with Gasteiger partial charge in [0, 0.05) is 6.20 Å². The third-order valence-corrected chi connectivity index (χ3v) is 5.05. The van der Waals surface area contributed by atoms with Crippen molar-refractivity contribution in [2.75, 3.05) is 0 Å². The molecule has 0 saturated heterocycles. The van der Waals surface area contributed by atoms with Gasteiger partial charge in [0.15, 0.2) is 5.82 Å². The van der Waals surface area contributed by atoms with Crippen LogP contribution in [0.2, 0.25) is 0 Å². The van der Waals surface area contributed by atoms with Crippen molar-refractivity contribution in [3.8, 4) is 23.0 Å². The first-order valence-corrected chi connectivity index (χ1v) is 11.3. The van der Waals surface area contributed by atoms with Gasteiger partial charge >= 0.3 is 81.9 Å². The number of H-pyrrole nitrogens is 1. The Hall–Kier alpha value is -3.47. The maximum atomic E-state index is 10.7. The quantitative estimate of drug-likeness (QED) is 0.182. The topological polar surface area (TPSA) is 248 Å². The van der Waals surface area contributed by atoms with E-state index in [1.165, 1.54) is 0 Å². The summed E-state index contributed by atoms with van der Waals surface area (Å²) in [6.45, 7) is 0. The van der Waals surface area contributed by atoms with E-state index in [0.717, 1.165) is 58.9 Å². The fourth-order valence-electron chi connectivity index (χ4n) is 3.25. The molecule has 0 amide bonds. The van der Waals surface area contributed by atoms with Crippen LogP contribution in [0.3, 0.4) is 0 Å². The van der Waals surface area contributed by atoms with Crippen molar-refractivity contribution in [1.82, 2.24) is 15.0 Å². The molecule has 5 rings (SSSR count). The van der Waals surface area contributed by atoms with Crippen LogP contribution < -0.4 is 30.6 Å². The predicted octanol–water partition coefficient (Wildman–Crippen LogP) is -2.41. The molecule has 0 bridgehead atoms. The number of hydrogen-bond donors (Lipinski definition) is 1. The van der Waals surface area contributed by atoms with Crippen LogP contribution in [-0.4, -0.2) is 38.8 Å². The Labute approximate surface area is 309 Å². The summed E-state index contributed by atoms with van der Waals surface area (Å²) in [4.78, 5) is 53.0. The van der Waals surface area contributed by atoms with E-state index in [1.54, 1.807) is 6.20 Å². The van der Waals surface area contributed by atoms with Gasteiger partial charge in [-0.05, 0) is 58.7 Å². The summed E-state index contributed by atoms with van der Waals surface area (Å²) in [6, 6.07) is 18.5. The molecule has 2 aromatic heterocycles. The number of carboxylic acids is 4.